The van der Waals surface area contributed by atoms with Crippen molar-refractivity contribution < 1.29 is 24.2 Å². The van der Waals surface area contributed by atoms with Gasteiger partial charge in [0.25, 0.3) is 0 Å². The average Bonchev–Trinajstić information content (AvgIpc) is 2.35. The molecule has 13 heavy (non-hydrogen) atoms. The number of cyclic esters (lactones) is 1. The molecule has 2 atom stereocenters. The number of ether oxygens (including phenoxy) is 2. The Morgan fingerprint density at radius 2 is 2.46 bits per heavy atom. The van der Waals surface area contributed by atoms with Gasteiger partial charge in [0.1, 0.15) is 12.0 Å². The van der Waals surface area contributed by atoms with Crippen LogP contribution in [-0.2, 0) is 19.1 Å². The molecule has 0 aliphatic carbocycles. The molecule has 0 amide bonds. The second-order valence-electron chi connectivity index (χ2n) is 3.15. The first kappa shape index (κ1) is 9.98. The van der Waals surface area contributed by atoms with Crippen molar-refractivity contribution in [2.24, 2.45) is 5.41 Å². The Kier molecular flexibility index (Phi) is 2.56. The van der Waals surface area contributed by atoms with Crippen LogP contribution in [0.2, 0.25) is 0 Å². The van der Waals surface area contributed by atoms with Gasteiger partial charge in [-0.3, -0.25) is 4.79 Å². The number of hydrogen-bond acceptors (Lipinski definition) is 5. The van der Waals surface area contributed by atoms with Crippen molar-refractivity contribution in [2.75, 3.05) is 13.2 Å². The van der Waals surface area contributed by atoms with Gasteiger partial charge in [0.05, 0.1) is 6.61 Å². The van der Waals surface area contributed by atoms with Crippen molar-refractivity contribution in [3.8, 4) is 0 Å². The summed E-state index contributed by atoms with van der Waals surface area (Å²) in [5, 5.41) is 9.34. The highest BCUT2D eigenvalue weighted by molar-refractivity contribution is 5.89. The maximum Gasteiger partial charge on any atom is 0.336 e. The van der Waals surface area contributed by atoms with Crippen molar-refractivity contribution in [3.05, 3.63) is 0 Å². The van der Waals surface area contributed by atoms with Gasteiger partial charge in [0.2, 0.25) is 0 Å². The lowest BCUT2D eigenvalue weighted by molar-refractivity contribution is -0.160. The van der Waals surface area contributed by atoms with E-state index < -0.39 is 23.5 Å². The van der Waals surface area contributed by atoms with E-state index in [1.807, 2.05) is 0 Å². The lowest BCUT2D eigenvalue weighted by atomic mass is 9.87. The molecule has 1 aliphatic rings. The average molecular weight is 188 g/mol. The standard InChI is InChI=1S/C8H12O5/c1-3-12-7(11)8(2)4-13-6(10)5(8)9/h5,9H,3-4H2,1-2H3/t5-,8-/m0/s1. The highest BCUT2D eigenvalue weighted by Gasteiger charge is 2.52. The summed E-state index contributed by atoms with van der Waals surface area (Å²) in [5.41, 5.74) is -1.24. The molecule has 1 heterocycles. The highest BCUT2D eigenvalue weighted by atomic mass is 16.6. The van der Waals surface area contributed by atoms with E-state index in [0.29, 0.717) is 0 Å². The topological polar surface area (TPSA) is 72.8 Å². The molecule has 0 aromatic heterocycles. The van der Waals surface area contributed by atoms with Crippen LogP contribution in [0.4, 0.5) is 0 Å². The minimum Gasteiger partial charge on any atom is -0.465 e. The minimum absolute atomic E-state index is 0.119. The summed E-state index contributed by atoms with van der Waals surface area (Å²) in [5.74, 6) is -1.37. The van der Waals surface area contributed by atoms with Crippen molar-refractivity contribution in [2.45, 2.75) is 20.0 Å². The van der Waals surface area contributed by atoms with Gasteiger partial charge in [0.15, 0.2) is 6.10 Å². The van der Waals surface area contributed by atoms with Gasteiger partial charge in [-0.15, -0.1) is 0 Å². The third-order valence-corrected chi connectivity index (χ3v) is 2.08. The fourth-order valence-corrected chi connectivity index (χ4v) is 1.11. The second-order valence-corrected chi connectivity index (χ2v) is 3.15. The smallest absolute Gasteiger partial charge is 0.336 e. The molecule has 1 rings (SSSR count). The van der Waals surface area contributed by atoms with Crippen molar-refractivity contribution in [3.63, 3.8) is 0 Å². The van der Waals surface area contributed by atoms with Crippen LogP contribution in [0.25, 0.3) is 0 Å². The minimum atomic E-state index is -1.41. The fraction of sp³-hybridized carbons (Fsp3) is 0.750. The summed E-state index contributed by atoms with van der Waals surface area (Å²) in [4.78, 5) is 22.1. The Hall–Kier alpha value is -1.10. The van der Waals surface area contributed by atoms with Gasteiger partial charge in [-0.25, -0.2) is 4.79 Å². The molecule has 0 aromatic rings. The first-order valence-electron chi connectivity index (χ1n) is 4.04. The zero-order chi connectivity index (χ0) is 10.1. The van der Waals surface area contributed by atoms with E-state index in [-0.39, 0.29) is 13.2 Å². The Morgan fingerprint density at radius 1 is 1.85 bits per heavy atom. The van der Waals surface area contributed by atoms with Gasteiger partial charge in [-0.1, -0.05) is 0 Å². The Morgan fingerprint density at radius 3 is 2.85 bits per heavy atom. The summed E-state index contributed by atoms with van der Waals surface area (Å²) < 4.78 is 9.27. The number of aliphatic hydroxyl groups excluding tert-OH is 1. The van der Waals surface area contributed by atoms with Gasteiger partial charge in [-0.2, -0.15) is 0 Å². The molecule has 1 fully saturated rings. The third kappa shape index (κ3) is 1.51. The van der Waals surface area contributed by atoms with E-state index in [1.165, 1.54) is 6.92 Å². The highest BCUT2D eigenvalue weighted by Crippen LogP contribution is 2.30. The van der Waals surface area contributed by atoms with Crippen LogP contribution in [0.5, 0.6) is 0 Å². The number of carbonyl (C=O) groups is 2. The summed E-state index contributed by atoms with van der Waals surface area (Å²) in [6.45, 7) is 3.20. The van der Waals surface area contributed by atoms with Crippen LogP contribution < -0.4 is 0 Å². The van der Waals surface area contributed by atoms with Crippen LogP contribution in [0.3, 0.4) is 0 Å². The molecule has 0 spiro atoms. The molecule has 5 heteroatoms. The lowest BCUT2D eigenvalue weighted by Gasteiger charge is -2.20. The predicted octanol–water partition coefficient (Wildman–Crippen LogP) is -0.527. The van der Waals surface area contributed by atoms with Gasteiger partial charge < -0.3 is 14.6 Å². The number of esters is 2. The van der Waals surface area contributed by atoms with E-state index in [4.69, 9.17) is 4.74 Å². The van der Waals surface area contributed by atoms with Crippen LogP contribution in [-0.4, -0.2) is 36.4 Å². The largest absolute Gasteiger partial charge is 0.465 e. The Balaban J connectivity index is 2.76. The number of carbonyl (C=O) groups excluding carboxylic acids is 2. The van der Waals surface area contributed by atoms with Crippen LogP contribution >= 0.6 is 0 Å². The third-order valence-electron chi connectivity index (χ3n) is 2.08. The molecule has 5 nitrogen and oxygen atoms in total. The predicted molar refractivity (Wildman–Crippen MR) is 41.7 cm³/mol. The number of rotatable bonds is 2. The molecule has 0 unspecified atom stereocenters. The van der Waals surface area contributed by atoms with Gasteiger partial charge >= 0.3 is 11.9 Å². The van der Waals surface area contributed by atoms with E-state index in [2.05, 4.69) is 4.74 Å². The molecule has 1 saturated heterocycles. The SMILES string of the molecule is CCOC(=O)[C@@]1(C)COC(=O)[C@@H]1O. The van der Waals surface area contributed by atoms with E-state index in [9.17, 15) is 14.7 Å². The summed E-state index contributed by atoms with van der Waals surface area (Å²) in [6.07, 6.45) is -1.41. The molecular weight excluding hydrogens is 176 g/mol. The molecule has 0 aromatic carbocycles. The van der Waals surface area contributed by atoms with E-state index in [0.717, 1.165) is 0 Å². The Bertz CT molecular complexity index is 237. The lowest BCUT2D eigenvalue weighted by Crippen LogP contribution is -2.41. The van der Waals surface area contributed by atoms with E-state index in [1.54, 1.807) is 6.92 Å². The first-order valence-corrected chi connectivity index (χ1v) is 4.04. The summed E-state index contributed by atoms with van der Waals surface area (Å²) >= 11 is 0. The number of aliphatic hydroxyl groups is 1. The maximum atomic E-state index is 11.3. The summed E-state index contributed by atoms with van der Waals surface area (Å²) in [7, 11) is 0. The van der Waals surface area contributed by atoms with Crippen LogP contribution in [0.1, 0.15) is 13.8 Å². The zero-order valence-electron chi connectivity index (χ0n) is 7.57. The molecular formula is C8H12O5. The monoisotopic (exact) mass is 188 g/mol. The first-order chi connectivity index (χ1) is 6.02. The van der Waals surface area contributed by atoms with Crippen molar-refractivity contribution in [1.82, 2.24) is 0 Å². The van der Waals surface area contributed by atoms with Gasteiger partial charge in [-0.05, 0) is 13.8 Å². The fourth-order valence-electron chi connectivity index (χ4n) is 1.11. The van der Waals surface area contributed by atoms with Crippen LogP contribution in [0, 0.1) is 5.41 Å². The molecule has 1 aliphatic heterocycles. The van der Waals surface area contributed by atoms with Crippen molar-refractivity contribution in [1.29, 1.82) is 0 Å². The quantitative estimate of drug-likeness (QED) is 0.590. The number of hydrogen-bond donors (Lipinski definition) is 1. The van der Waals surface area contributed by atoms with E-state index >= 15 is 0 Å². The molecule has 0 saturated carbocycles. The molecule has 74 valence electrons. The Labute approximate surface area is 75.6 Å². The molecule has 0 bridgehead atoms. The second kappa shape index (κ2) is 3.33. The normalized spacial score (nSPS) is 32.8. The zero-order valence-corrected chi connectivity index (χ0v) is 7.57. The van der Waals surface area contributed by atoms with Crippen molar-refractivity contribution >= 4 is 11.9 Å². The molecule has 0 radical (unpaired) electrons. The summed E-state index contributed by atoms with van der Waals surface area (Å²) in [6, 6.07) is 0. The molecule has 1 N–H and O–H groups in total. The maximum absolute atomic E-state index is 11.3. The van der Waals surface area contributed by atoms with Gasteiger partial charge in [0, 0.05) is 0 Å². The van der Waals surface area contributed by atoms with Crippen LogP contribution in [0.15, 0.2) is 0 Å².